The van der Waals surface area contributed by atoms with Crippen molar-refractivity contribution in [1.82, 2.24) is 30.3 Å². The van der Waals surface area contributed by atoms with Crippen molar-refractivity contribution >= 4 is 34.5 Å². The lowest BCUT2D eigenvalue weighted by Gasteiger charge is -2.29. The van der Waals surface area contributed by atoms with E-state index in [0.717, 1.165) is 25.1 Å². The first-order valence-corrected chi connectivity index (χ1v) is 10.0. The Morgan fingerprint density at radius 3 is 2.67 bits per heavy atom. The molecule has 1 aromatic carbocycles. The van der Waals surface area contributed by atoms with Crippen LogP contribution in [0.25, 0.3) is 16.9 Å². The fourth-order valence-corrected chi connectivity index (χ4v) is 3.86. The summed E-state index contributed by atoms with van der Waals surface area (Å²) in [4.78, 5) is 23.8. The number of rotatable bonds is 4. The molecular weight excluding hydrogens is 402 g/mol. The normalized spacial score (nSPS) is 16.1. The summed E-state index contributed by atoms with van der Waals surface area (Å²) >= 11 is 6.37. The van der Waals surface area contributed by atoms with Crippen molar-refractivity contribution in [1.29, 1.82) is 0 Å². The van der Waals surface area contributed by atoms with Gasteiger partial charge in [-0.15, -0.1) is 5.10 Å². The molecule has 0 spiro atoms. The van der Waals surface area contributed by atoms with Gasteiger partial charge in [-0.2, -0.15) is 4.68 Å². The Morgan fingerprint density at radius 2 is 1.90 bits per heavy atom. The predicted molar refractivity (Wildman–Crippen MR) is 114 cm³/mol. The highest BCUT2D eigenvalue weighted by molar-refractivity contribution is 6.33. The van der Waals surface area contributed by atoms with E-state index < -0.39 is 0 Å². The fraction of sp³-hybridized carbons (Fsp3) is 0.190. The van der Waals surface area contributed by atoms with Crippen LogP contribution in [-0.4, -0.2) is 43.6 Å². The van der Waals surface area contributed by atoms with Crippen molar-refractivity contribution in [2.75, 3.05) is 11.4 Å². The topological polar surface area (TPSA) is 88.8 Å². The van der Waals surface area contributed by atoms with Gasteiger partial charge in [0.25, 0.3) is 5.91 Å². The van der Waals surface area contributed by atoms with Gasteiger partial charge in [0.15, 0.2) is 11.5 Å². The first-order chi connectivity index (χ1) is 14.7. The largest absolute Gasteiger partial charge is 0.297 e. The first kappa shape index (κ1) is 18.7. The number of carbonyl (C=O) groups excluding carboxylic acids is 1. The highest BCUT2D eigenvalue weighted by Crippen LogP contribution is 2.28. The van der Waals surface area contributed by atoms with E-state index in [9.17, 15) is 4.79 Å². The number of halogens is 1. The smallest absolute Gasteiger partial charge is 0.260 e. The zero-order valence-electron chi connectivity index (χ0n) is 15.9. The maximum atomic E-state index is 13.4. The van der Waals surface area contributed by atoms with Crippen LogP contribution in [0.15, 0.2) is 60.9 Å². The summed E-state index contributed by atoms with van der Waals surface area (Å²) in [6.07, 6.45) is 5.02. The van der Waals surface area contributed by atoms with E-state index in [1.54, 1.807) is 46.2 Å². The SMILES string of the molecule is O=C(c1ccc(-n2nnc3cccnc32)cc1)N(c1ncccc1Cl)[C@@H]1CCCN1. The van der Waals surface area contributed by atoms with Crippen molar-refractivity contribution in [3.63, 3.8) is 0 Å². The van der Waals surface area contributed by atoms with Crippen molar-refractivity contribution in [2.24, 2.45) is 0 Å². The number of pyridine rings is 2. The van der Waals surface area contributed by atoms with E-state index in [1.807, 2.05) is 24.3 Å². The van der Waals surface area contributed by atoms with E-state index in [2.05, 4.69) is 25.6 Å². The summed E-state index contributed by atoms with van der Waals surface area (Å²) in [5.74, 6) is 0.294. The van der Waals surface area contributed by atoms with Crippen LogP contribution in [0.2, 0.25) is 5.02 Å². The van der Waals surface area contributed by atoms with Gasteiger partial charge in [-0.05, 0) is 67.9 Å². The number of nitrogens with zero attached hydrogens (tertiary/aromatic N) is 6. The van der Waals surface area contributed by atoms with Crippen LogP contribution in [0, 0.1) is 0 Å². The summed E-state index contributed by atoms with van der Waals surface area (Å²) in [6.45, 7) is 0.851. The zero-order chi connectivity index (χ0) is 20.5. The molecule has 150 valence electrons. The van der Waals surface area contributed by atoms with Crippen molar-refractivity contribution in [3.8, 4) is 5.69 Å². The fourth-order valence-electron chi connectivity index (χ4n) is 3.65. The molecule has 1 aliphatic rings. The molecule has 0 bridgehead atoms. The number of carbonyl (C=O) groups is 1. The van der Waals surface area contributed by atoms with Gasteiger partial charge in [-0.1, -0.05) is 16.8 Å². The molecule has 1 saturated heterocycles. The Morgan fingerprint density at radius 1 is 1.10 bits per heavy atom. The summed E-state index contributed by atoms with van der Waals surface area (Å²) in [6, 6.07) is 14.4. The average molecular weight is 420 g/mol. The van der Waals surface area contributed by atoms with Gasteiger partial charge >= 0.3 is 0 Å². The number of hydrogen-bond acceptors (Lipinski definition) is 6. The molecular formula is C21H18ClN7O. The molecule has 3 aromatic heterocycles. The number of anilines is 1. The predicted octanol–water partition coefficient (Wildman–Crippen LogP) is 3.22. The monoisotopic (exact) mass is 419 g/mol. The highest BCUT2D eigenvalue weighted by Gasteiger charge is 2.30. The number of nitrogens with one attached hydrogen (secondary N) is 1. The van der Waals surface area contributed by atoms with Crippen molar-refractivity contribution < 1.29 is 4.79 Å². The minimum Gasteiger partial charge on any atom is -0.297 e. The van der Waals surface area contributed by atoms with Gasteiger partial charge in [0, 0.05) is 18.0 Å². The van der Waals surface area contributed by atoms with Gasteiger partial charge in [-0.25, -0.2) is 9.97 Å². The number of benzene rings is 1. The molecule has 9 heteroatoms. The maximum absolute atomic E-state index is 13.4. The number of hydrogen-bond donors (Lipinski definition) is 1. The van der Waals surface area contributed by atoms with E-state index >= 15 is 0 Å². The molecule has 0 saturated carbocycles. The lowest BCUT2D eigenvalue weighted by molar-refractivity contribution is 0.0973. The molecule has 1 fully saturated rings. The summed E-state index contributed by atoms with van der Waals surface area (Å²) in [5.41, 5.74) is 2.68. The van der Waals surface area contributed by atoms with Gasteiger partial charge in [-0.3, -0.25) is 15.0 Å². The van der Waals surface area contributed by atoms with Gasteiger partial charge in [0.05, 0.1) is 16.9 Å². The molecule has 1 amide bonds. The third-order valence-corrected chi connectivity index (χ3v) is 5.39. The molecule has 1 N–H and O–H groups in total. The van der Waals surface area contributed by atoms with E-state index in [0.29, 0.717) is 27.6 Å². The Labute approximate surface area is 177 Å². The Hall–Kier alpha value is -3.36. The van der Waals surface area contributed by atoms with Gasteiger partial charge in [0.2, 0.25) is 0 Å². The van der Waals surface area contributed by atoms with E-state index in [1.165, 1.54) is 0 Å². The third kappa shape index (κ3) is 3.30. The third-order valence-electron chi connectivity index (χ3n) is 5.10. The highest BCUT2D eigenvalue weighted by atomic mass is 35.5. The van der Waals surface area contributed by atoms with Gasteiger partial charge in [0.1, 0.15) is 5.52 Å². The van der Waals surface area contributed by atoms with Crippen LogP contribution < -0.4 is 10.2 Å². The van der Waals surface area contributed by atoms with Crippen LogP contribution in [0.4, 0.5) is 5.82 Å². The van der Waals surface area contributed by atoms with Crippen LogP contribution >= 0.6 is 11.6 Å². The molecule has 0 radical (unpaired) electrons. The molecule has 8 nitrogen and oxygen atoms in total. The minimum absolute atomic E-state index is 0.145. The van der Waals surface area contributed by atoms with Crippen LogP contribution in [0.3, 0.4) is 0 Å². The number of fused-ring (bicyclic) bond motifs is 1. The molecule has 4 heterocycles. The second kappa shape index (κ2) is 7.81. The van der Waals surface area contributed by atoms with Gasteiger partial charge < -0.3 is 0 Å². The molecule has 1 atom stereocenters. The van der Waals surface area contributed by atoms with Crippen LogP contribution in [0.1, 0.15) is 23.2 Å². The molecule has 5 rings (SSSR count). The Balaban J connectivity index is 1.49. The zero-order valence-corrected chi connectivity index (χ0v) is 16.7. The molecule has 4 aromatic rings. The molecule has 0 aliphatic carbocycles. The van der Waals surface area contributed by atoms with Crippen LogP contribution in [0.5, 0.6) is 0 Å². The number of amides is 1. The standard InChI is InChI=1S/C21H18ClN7O/c22-16-4-1-12-24-19(16)28(18-6-3-11-23-18)21(30)14-7-9-15(10-8-14)29-20-17(26-27-29)5-2-13-25-20/h1-2,4-5,7-10,12-13,18,23H,3,6,11H2/t18-/m1/s1. The first-order valence-electron chi connectivity index (χ1n) is 9.67. The summed E-state index contributed by atoms with van der Waals surface area (Å²) in [5, 5.41) is 12.1. The lowest BCUT2D eigenvalue weighted by Crippen LogP contribution is -2.46. The quantitative estimate of drug-likeness (QED) is 0.546. The second-order valence-corrected chi connectivity index (χ2v) is 7.40. The summed E-state index contributed by atoms with van der Waals surface area (Å²) in [7, 11) is 0. The van der Waals surface area contributed by atoms with E-state index in [-0.39, 0.29) is 12.1 Å². The average Bonchev–Trinajstić information content (AvgIpc) is 3.46. The molecule has 0 unspecified atom stereocenters. The molecule has 1 aliphatic heterocycles. The second-order valence-electron chi connectivity index (χ2n) is 6.99. The Bertz CT molecular complexity index is 1200. The minimum atomic E-state index is -0.164. The molecule has 30 heavy (non-hydrogen) atoms. The summed E-state index contributed by atoms with van der Waals surface area (Å²) < 4.78 is 1.65. The lowest BCUT2D eigenvalue weighted by atomic mass is 10.1. The van der Waals surface area contributed by atoms with E-state index in [4.69, 9.17) is 11.6 Å². The van der Waals surface area contributed by atoms with Crippen LogP contribution in [-0.2, 0) is 0 Å². The maximum Gasteiger partial charge on any atom is 0.260 e. The number of aromatic nitrogens is 5. The Kier molecular flexibility index (Phi) is 4.86. The van der Waals surface area contributed by atoms with Crippen molar-refractivity contribution in [3.05, 3.63) is 71.5 Å². The van der Waals surface area contributed by atoms with Crippen molar-refractivity contribution in [2.45, 2.75) is 19.0 Å².